The molecule has 6 nitrogen and oxygen atoms in total. The molecule has 0 heterocycles. The normalized spacial score (nSPS) is 12.7. The van der Waals surface area contributed by atoms with Crippen molar-refractivity contribution < 1.29 is 28.6 Å². The second kappa shape index (κ2) is 56.2. The summed E-state index contributed by atoms with van der Waals surface area (Å²) in [7, 11) is 0. The minimum Gasteiger partial charge on any atom is -0.462 e. The summed E-state index contributed by atoms with van der Waals surface area (Å²) in [5.41, 5.74) is 0. The number of allylic oxidation sites excluding steroid dienone is 13. The zero-order valence-electron chi connectivity index (χ0n) is 44.6. The topological polar surface area (TPSA) is 78.9 Å². The predicted molar refractivity (Wildman–Crippen MR) is 293 cm³/mol. The lowest BCUT2D eigenvalue weighted by molar-refractivity contribution is -0.166. The van der Waals surface area contributed by atoms with Gasteiger partial charge in [0.25, 0.3) is 0 Å². The highest BCUT2D eigenvalue weighted by atomic mass is 16.6. The molecule has 390 valence electrons. The SMILES string of the molecule is CC/C=C\C/C=C\C/C=C\C/C=C\C/C=C\CC(=O)OC(COC(=O)CCCCCCCCCCCC)COC(=O)CCCCCCCCCCCCCCC/C=C\C/C=C\CCCCCCC. The zero-order valence-corrected chi connectivity index (χ0v) is 44.6. The molecule has 0 bridgehead atoms. The Hall–Kier alpha value is -3.41. The average Bonchev–Trinajstić information content (AvgIpc) is 3.34. The number of hydrogen-bond acceptors (Lipinski definition) is 6. The van der Waals surface area contributed by atoms with E-state index < -0.39 is 12.1 Å². The smallest absolute Gasteiger partial charge is 0.310 e. The van der Waals surface area contributed by atoms with Crippen molar-refractivity contribution >= 4 is 17.9 Å². The maximum absolute atomic E-state index is 12.7. The molecule has 0 fully saturated rings. The molecule has 0 spiro atoms. The summed E-state index contributed by atoms with van der Waals surface area (Å²) in [5.74, 6) is -1.04. The lowest BCUT2D eigenvalue weighted by Crippen LogP contribution is -2.30. The molecule has 1 unspecified atom stereocenters. The Bertz CT molecular complexity index is 1320. The molecule has 0 saturated heterocycles. The van der Waals surface area contributed by atoms with Gasteiger partial charge in [-0.2, -0.15) is 0 Å². The van der Waals surface area contributed by atoms with Crippen LogP contribution in [0.15, 0.2) is 85.1 Å². The number of esters is 3. The van der Waals surface area contributed by atoms with E-state index in [0.29, 0.717) is 12.8 Å². The van der Waals surface area contributed by atoms with Crippen LogP contribution in [0.2, 0.25) is 0 Å². The fourth-order valence-electron chi connectivity index (χ4n) is 7.90. The van der Waals surface area contributed by atoms with Crippen molar-refractivity contribution in [3.05, 3.63) is 85.1 Å². The van der Waals surface area contributed by atoms with Crippen molar-refractivity contribution in [2.45, 2.75) is 277 Å². The van der Waals surface area contributed by atoms with E-state index >= 15 is 0 Å². The summed E-state index contributed by atoms with van der Waals surface area (Å²) < 4.78 is 16.7. The van der Waals surface area contributed by atoms with Gasteiger partial charge in [-0.3, -0.25) is 14.4 Å². The van der Waals surface area contributed by atoms with Crippen molar-refractivity contribution in [3.63, 3.8) is 0 Å². The highest BCUT2D eigenvalue weighted by molar-refractivity contribution is 5.72. The van der Waals surface area contributed by atoms with E-state index in [1.807, 2.05) is 6.08 Å². The van der Waals surface area contributed by atoms with E-state index in [4.69, 9.17) is 14.2 Å². The molecule has 6 heteroatoms. The van der Waals surface area contributed by atoms with Gasteiger partial charge in [0.15, 0.2) is 6.10 Å². The number of carbonyl (C=O) groups excluding carboxylic acids is 3. The highest BCUT2D eigenvalue weighted by Gasteiger charge is 2.19. The van der Waals surface area contributed by atoms with Crippen LogP contribution in [0.25, 0.3) is 0 Å². The third-order valence-corrected chi connectivity index (χ3v) is 12.2. The molecule has 0 aromatic carbocycles. The van der Waals surface area contributed by atoms with Gasteiger partial charge >= 0.3 is 17.9 Å². The number of unbranched alkanes of at least 4 members (excludes halogenated alkanes) is 27. The summed E-state index contributed by atoms with van der Waals surface area (Å²) in [5, 5.41) is 0. The first-order valence-corrected chi connectivity index (χ1v) is 28.6. The van der Waals surface area contributed by atoms with Crippen molar-refractivity contribution in [1.82, 2.24) is 0 Å². The van der Waals surface area contributed by atoms with Gasteiger partial charge in [-0.05, 0) is 77.0 Å². The molecule has 0 amide bonds. The summed E-state index contributed by atoms with van der Waals surface area (Å²) in [6.45, 7) is 6.43. The summed E-state index contributed by atoms with van der Waals surface area (Å²) in [6.07, 6.45) is 73.3. The number of ether oxygens (including phenoxy) is 3. The molecular weight excluding hydrogens is 841 g/mol. The molecule has 0 aliphatic carbocycles. The Morgan fingerprint density at radius 3 is 0.971 bits per heavy atom. The third-order valence-electron chi connectivity index (χ3n) is 12.2. The first kappa shape index (κ1) is 64.6. The summed E-state index contributed by atoms with van der Waals surface area (Å²) in [4.78, 5) is 38.0. The molecule has 0 rings (SSSR count). The highest BCUT2D eigenvalue weighted by Crippen LogP contribution is 2.15. The predicted octanol–water partition coefficient (Wildman–Crippen LogP) is 19.2. The molecule has 1 atom stereocenters. The van der Waals surface area contributed by atoms with Crippen LogP contribution in [0.4, 0.5) is 0 Å². The van der Waals surface area contributed by atoms with Gasteiger partial charge in [0.1, 0.15) is 13.2 Å². The van der Waals surface area contributed by atoms with Crippen molar-refractivity contribution in [3.8, 4) is 0 Å². The Labute approximate surface area is 420 Å². The van der Waals surface area contributed by atoms with Crippen LogP contribution in [0.1, 0.15) is 271 Å². The zero-order chi connectivity index (χ0) is 49.3. The lowest BCUT2D eigenvalue weighted by atomic mass is 10.0. The van der Waals surface area contributed by atoms with Crippen LogP contribution in [-0.2, 0) is 28.6 Å². The molecule has 0 aliphatic rings. The van der Waals surface area contributed by atoms with E-state index in [2.05, 4.69) is 93.7 Å². The van der Waals surface area contributed by atoms with Crippen LogP contribution in [0.3, 0.4) is 0 Å². The maximum Gasteiger partial charge on any atom is 0.310 e. The molecule has 0 radical (unpaired) electrons. The van der Waals surface area contributed by atoms with Gasteiger partial charge in [0.05, 0.1) is 6.42 Å². The monoisotopic (exact) mass is 947 g/mol. The Kier molecular flexibility index (Phi) is 53.4. The third kappa shape index (κ3) is 53.5. The van der Waals surface area contributed by atoms with Gasteiger partial charge in [0.2, 0.25) is 0 Å². The van der Waals surface area contributed by atoms with Crippen LogP contribution in [0.5, 0.6) is 0 Å². The van der Waals surface area contributed by atoms with Gasteiger partial charge in [-0.15, -0.1) is 0 Å². The van der Waals surface area contributed by atoms with Gasteiger partial charge in [-0.1, -0.05) is 260 Å². The number of rotatable bonds is 51. The van der Waals surface area contributed by atoms with Crippen LogP contribution in [-0.4, -0.2) is 37.2 Å². The van der Waals surface area contributed by atoms with E-state index in [0.717, 1.165) is 77.0 Å². The first-order chi connectivity index (χ1) is 33.5. The minimum atomic E-state index is -0.828. The molecule has 0 aromatic rings. The minimum absolute atomic E-state index is 0.0980. The van der Waals surface area contributed by atoms with E-state index in [1.54, 1.807) is 6.08 Å². The van der Waals surface area contributed by atoms with Gasteiger partial charge in [-0.25, -0.2) is 0 Å². The second-order valence-corrected chi connectivity index (χ2v) is 18.8. The van der Waals surface area contributed by atoms with Gasteiger partial charge in [0, 0.05) is 12.8 Å². The summed E-state index contributed by atoms with van der Waals surface area (Å²) in [6, 6.07) is 0. The fourth-order valence-corrected chi connectivity index (χ4v) is 7.90. The van der Waals surface area contributed by atoms with Crippen LogP contribution < -0.4 is 0 Å². The van der Waals surface area contributed by atoms with Crippen LogP contribution >= 0.6 is 0 Å². The quantitative estimate of drug-likeness (QED) is 0.0262. The first-order valence-electron chi connectivity index (χ1n) is 28.6. The Morgan fingerprint density at radius 1 is 0.324 bits per heavy atom. The standard InChI is InChI=1S/C62H106O6/c1-4-7-10-13-16-19-22-24-26-27-28-29-30-31-32-33-34-35-37-38-40-43-46-49-52-55-61(64)67-58-59(57-66-60(63)54-51-48-45-42-21-18-15-12-9-6-3)68-62(65)56-53-50-47-44-41-39-36-25-23-20-17-14-11-8-5-2/h8,11,17,20,22,24-25,27-28,36,41,44,50,53,59H,4-7,9-10,12-16,18-19,21,23,26,29-35,37-40,42-43,45-49,51-52,54-58H2,1-3H3/b11-8-,20-17-,24-22-,28-27-,36-25-,44-41-,53-50-. The number of carbonyl (C=O) groups is 3. The van der Waals surface area contributed by atoms with E-state index in [1.165, 1.54) is 154 Å². The lowest BCUT2D eigenvalue weighted by Gasteiger charge is -2.18. The molecule has 68 heavy (non-hydrogen) atoms. The Morgan fingerprint density at radius 2 is 0.618 bits per heavy atom. The van der Waals surface area contributed by atoms with E-state index in [9.17, 15) is 14.4 Å². The Balaban J connectivity index is 4.30. The molecule has 0 saturated carbocycles. The van der Waals surface area contributed by atoms with Crippen molar-refractivity contribution in [2.24, 2.45) is 0 Å². The second-order valence-electron chi connectivity index (χ2n) is 18.8. The number of hydrogen-bond donors (Lipinski definition) is 0. The molecule has 0 aliphatic heterocycles. The van der Waals surface area contributed by atoms with Crippen molar-refractivity contribution in [1.29, 1.82) is 0 Å². The van der Waals surface area contributed by atoms with Crippen molar-refractivity contribution in [2.75, 3.05) is 13.2 Å². The summed E-state index contributed by atoms with van der Waals surface area (Å²) >= 11 is 0. The molecular formula is C62H106O6. The van der Waals surface area contributed by atoms with Crippen LogP contribution in [0, 0.1) is 0 Å². The largest absolute Gasteiger partial charge is 0.462 e. The average molecular weight is 948 g/mol. The van der Waals surface area contributed by atoms with Gasteiger partial charge < -0.3 is 14.2 Å². The fraction of sp³-hybridized carbons (Fsp3) is 0.726. The maximum atomic E-state index is 12.7. The molecule has 0 N–H and O–H groups in total. The van der Waals surface area contributed by atoms with E-state index in [-0.39, 0.29) is 31.6 Å². The molecule has 0 aromatic heterocycles.